The molecule has 1 fully saturated rings. The summed E-state index contributed by atoms with van der Waals surface area (Å²) >= 11 is 0. The number of aliphatic hydroxyl groups excluding tert-OH is 2. The fourth-order valence-electron chi connectivity index (χ4n) is 2.64. The fraction of sp³-hybridized carbons (Fsp3) is 0.625. The number of hydrogen-bond donors (Lipinski definition) is 4. The molecular weight excluding hydrogens is 272 g/mol. The summed E-state index contributed by atoms with van der Waals surface area (Å²) in [6.45, 7) is 8.53. The lowest BCUT2D eigenvalue weighted by molar-refractivity contribution is -0.143. The van der Waals surface area contributed by atoms with Crippen LogP contribution in [0, 0.1) is 11.8 Å². The van der Waals surface area contributed by atoms with E-state index in [0.717, 1.165) is 0 Å². The first kappa shape index (κ1) is 16.2. The van der Waals surface area contributed by atoms with E-state index in [1.807, 2.05) is 0 Å². The van der Waals surface area contributed by atoms with Crippen molar-refractivity contribution in [1.29, 1.82) is 0 Å². The number of aliphatic hydroxyl groups is 4. The van der Waals surface area contributed by atoms with E-state index >= 15 is 0 Å². The first-order valence-corrected chi connectivity index (χ1v) is 6.91. The van der Waals surface area contributed by atoms with Crippen LogP contribution < -0.4 is 0 Å². The van der Waals surface area contributed by atoms with Gasteiger partial charge < -0.3 is 25.2 Å². The number of ether oxygens (including phenoxy) is 1. The third kappa shape index (κ3) is 2.91. The second-order valence-electron chi connectivity index (χ2n) is 6.44. The van der Waals surface area contributed by atoms with Gasteiger partial charge in [-0.15, -0.1) is 0 Å². The molecule has 5 nitrogen and oxygen atoms in total. The summed E-state index contributed by atoms with van der Waals surface area (Å²) in [5.74, 6) is 5.46. The van der Waals surface area contributed by atoms with E-state index in [0.29, 0.717) is 5.57 Å². The van der Waals surface area contributed by atoms with Gasteiger partial charge in [-0.1, -0.05) is 18.4 Å². The molecule has 0 radical (unpaired) electrons. The summed E-state index contributed by atoms with van der Waals surface area (Å²) in [6, 6.07) is 0. The molecule has 4 N–H and O–H groups in total. The average Bonchev–Trinajstić information content (AvgIpc) is 2.70. The van der Waals surface area contributed by atoms with E-state index in [-0.39, 0.29) is 12.0 Å². The number of fused-ring (bicyclic) bond motifs is 1. The standard InChI is InChI=1S/C16H22O5/c1-9(2)5-6-10-7-11-16(20,14(18)13(10)17)8-12(21-11)15(3,4)19/h7,11-14,17-20H,1,8H2,2-4H3/t11-,12+,13+,14+,16+/m0/s1. The largest absolute Gasteiger partial charge is 0.388 e. The maximum absolute atomic E-state index is 10.6. The molecule has 116 valence electrons. The van der Waals surface area contributed by atoms with Crippen molar-refractivity contribution in [3.8, 4) is 11.8 Å². The number of hydrogen-bond acceptors (Lipinski definition) is 5. The van der Waals surface area contributed by atoms with Crippen LogP contribution in [-0.2, 0) is 4.74 Å². The average molecular weight is 294 g/mol. The van der Waals surface area contributed by atoms with E-state index in [1.54, 1.807) is 20.8 Å². The minimum atomic E-state index is -1.63. The first-order valence-electron chi connectivity index (χ1n) is 6.91. The van der Waals surface area contributed by atoms with Gasteiger partial charge in [0, 0.05) is 12.0 Å². The summed E-state index contributed by atoms with van der Waals surface area (Å²) in [5, 5.41) is 41.0. The molecule has 1 aliphatic carbocycles. The Bertz CT molecular complexity index is 533. The highest BCUT2D eigenvalue weighted by atomic mass is 16.5. The molecular formula is C16H22O5. The van der Waals surface area contributed by atoms with Crippen LogP contribution in [0.25, 0.3) is 0 Å². The molecule has 0 aromatic rings. The zero-order chi connectivity index (χ0) is 16.0. The highest BCUT2D eigenvalue weighted by Gasteiger charge is 2.58. The van der Waals surface area contributed by atoms with Crippen molar-refractivity contribution in [3.05, 3.63) is 23.8 Å². The second-order valence-corrected chi connectivity index (χ2v) is 6.44. The Morgan fingerprint density at radius 1 is 1.48 bits per heavy atom. The highest BCUT2D eigenvalue weighted by Crippen LogP contribution is 2.43. The molecule has 0 aromatic carbocycles. The lowest BCUT2D eigenvalue weighted by atomic mass is 9.76. The lowest BCUT2D eigenvalue weighted by Crippen LogP contribution is -2.57. The maximum Gasteiger partial charge on any atom is 0.126 e. The Kier molecular flexibility index (Phi) is 4.04. The van der Waals surface area contributed by atoms with Crippen LogP contribution in [0.5, 0.6) is 0 Å². The van der Waals surface area contributed by atoms with Crippen molar-refractivity contribution in [2.24, 2.45) is 0 Å². The van der Waals surface area contributed by atoms with Crippen LogP contribution in [0.15, 0.2) is 23.8 Å². The van der Waals surface area contributed by atoms with Crippen LogP contribution in [-0.4, -0.2) is 56.0 Å². The molecule has 0 spiro atoms. The van der Waals surface area contributed by atoms with Gasteiger partial charge in [-0.05, 0) is 32.4 Å². The molecule has 1 aliphatic heterocycles. The first-order chi connectivity index (χ1) is 9.55. The highest BCUT2D eigenvalue weighted by molar-refractivity contribution is 5.43. The van der Waals surface area contributed by atoms with Crippen LogP contribution in [0.3, 0.4) is 0 Å². The minimum Gasteiger partial charge on any atom is -0.388 e. The molecule has 0 aromatic heterocycles. The van der Waals surface area contributed by atoms with Crippen LogP contribution in [0.1, 0.15) is 27.2 Å². The van der Waals surface area contributed by atoms with Gasteiger partial charge in [0.15, 0.2) is 0 Å². The van der Waals surface area contributed by atoms with E-state index in [9.17, 15) is 20.4 Å². The monoisotopic (exact) mass is 294 g/mol. The zero-order valence-electron chi connectivity index (χ0n) is 12.5. The van der Waals surface area contributed by atoms with Crippen molar-refractivity contribution < 1.29 is 25.2 Å². The third-order valence-electron chi connectivity index (χ3n) is 3.98. The van der Waals surface area contributed by atoms with Gasteiger partial charge in [0.1, 0.15) is 23.9 Å². The Labute approximate surface area is 124 Å². The van der Waals surface area contributed by atoms with Crippen LogP contribution in [0.4, 0.5) is 0 Å². The van der Waals surface area contributed by atoms with Gasteiger partial charge in [0.25, 0.3) is 0 Å². The van der Waals surface area contributed by atoms with E-state index in [4.69, 9.17) is 4.74 Å². The van der Waals surface area contributed by atoms with Gasteiger partial charge >= 0.3 is 0 Å². The second kappa shape index (κ2) is 5.24. The molecule has 0 amide bonds. The van der Waals surface area contributed by atoms with Crippen molar-refractivity contribution in [1.82, 2.24) is 0 Å². The van der Waals surface area contributed by atoms with Gasteiger partial charge in [-0.25, -0.2) is 0 Å². The van der Waals surface area contributed by atoms with Gasteiger partial charge in [0.05, 0.1) is 11.7 Å². The van der Waals surface area contributed by atoms with Crippen molar-refractivity contribution in [3.63, 3.8) is 0 Å². The van der Waals surface area contributed by atoms with Crippen molar-refractivity contribution >= 4 is 0 Å². The quantitative estimate of drug-likeness (QED) is 0.507. The van der Waals surface area contributed by atoms with E-state index in [2.05, 4.69) is 18.4 Å². The molecule has 0 unspecified atom stereocenters. The molecule has 5 atom stereocenters. The van der Waals surface area contributed by atoms with E-state index < -0.39 is 35.6 Å². The topological polar surface area (TPSA) is 90.2 Å². The van der Waals surface area contributed by atoms with Crippen molar-refractivity contribution in [2.75, 3.05) is 0 Å². The normalized spacial score (nSPS) is 39.1. The maximum atomic E-state index is 10.6. The van der Waals surface area contributed by atoms with Crippen molar-refractivity contribution in [2.45, 2.75) is 62.8 Å². The van der Waals surface area contributed by atoms with Gasteiger partial charge in [-0.2, -0.15) is 0 Å². The Hall–Kier alpha value is -1.16. The zero-order valence-corrected chi connectivity index (χ0v) is 12.5. The fourth-order valence-corrected chi connectivity index (χ4v) is 2.64. The molecule has 5 heteroatoms. The summed E-state index contributed by atoms with van der Waals surface area (Å²) in [7, 11) is 0. The SMILES string of the molecule is C=C(C)C#CC1=C[C@@H]2O[C@@H](C(C)(C)O)C[C@]2(O)[C@H](O)[C@@H]1O. The van der Waals surface area contributed by atoms with Gasteiger partial charge in [-0.3, -0.25) is 0 Å². The molecule has 1 heterocycles. The molecule has 1 saturated heterocycles. The van der Waals surface area contributed by atoms with Crippen LogP contribution >= 0.6 is 0 Å². The smallest absolute Gasteiger partial charge is 0.126 e. The summed E-state index contributed by atoms with van der Waals surface area (Å²) < 4.78 is 5.65. The summed E-state index contributed by atoms with van der Waals surface area (Å²) in [5.41, 5.74) is -1.87. The number of rotatable bonds is 1. The molecule has 0 saturated carbocycles. The molecule has 2 aliphatic rings. The van der Waals surface area contributed by atoms with Gasteiger partial charge in [0.2, 0.25) is 0 Å². The lowest BCUT2D eigenvalue weighted by Gasteiger charge is -2.38. The predicted octanol–water partition coefficient (Wildman–Crippen LogP) is -0.113. The number of allylic oxidation sites excluding steroid dienone is 1. The van der Waals surface area contributed by atoms with Crippen LogP contribution in [0.2, 0.25) is 0 Å². The summed E-state index contributed by atoms with van der Waals surface area (Å²) in [6.07, 6.45) is -2.62. The Morgan fingerprint density at radius 3 is 2.62 bits per heavy atom. The predicted molar refractivity (Wildman–Crippen MR) is 77.2 cm³/mol. The summed E-state index contributed by atoms with van der Waals surface area (Å²) in [4.78, 5) is 0. The third-order valence-corrected chi connectivity index (χ3v) is 3.98. The molecule has 0 bridgehead atoms. The Morgan fingerprint density at radius 2 is 2.10 bits per heavy atom. The minimum absolute atomic E-state index is 0.0388. The molecule has 21 heavy (non-hydrogen) atoms. The van der Waals surface area contributed by atoms with E-state index in [1.165, 1.54) is 6.08 Å². The molecule has 2 rings (SSSR count). The Balaban J connectivity index is 2.35.